The summed E-state index contributed by atoms with van der Waals surface area (Å²) in [5, 5.41) is 0. The summed E-state index contributed by atoms with van der Waals surface area (Å²) < 4.78 is 10.0. The number of benzene rings is 1. The molecule has 1 fully saturated rings. The van der Waals surface area contributed by atoms with Crippen molar-refractivity contribution in [3.8, 4) is 0 Å². The van der Waals surface area contributed by atoms with Crippen LogP contribution < -0.4 is 0 Å². The second kappa shape index (κ2) is 5.67. The van der Waals surface area contributed by atoms with Crippen LogP contribution in [0.5, 0.6) is 0 Å². The molecule has 4 heteroatoms. The number of carbonyl (C=O) groups is 2. The Hall–Kier alpha value is -1.84. The quantitative estimate of drug-likeness (QED) is 0.764. The minimum absolute atomic E-state index is 0.240. The highest BCUT2D eigenvalue weighted by atomic mass is 16.6. The van der Waals surface area contributed by atoms with Crippen LogP contribution in [-0.4, -0.2) is 25.2 Å². The van der Waals surface area contributed by atoms with E-state index in [0.29, 0.717) is 12.8 Å². The summed E-state index contributed by atoms with van der Waals surface area (Å²) in [5.74, 6) is -0.896. The lowest BCUT2D eigenvalue weighted by molar-refractivity contribution is -0.167. The van der Waals surface area contributed by atoms with Gasteiger partial charge in [-0.3, -0.25) is 9.59 Å². The maximum atomic E-state index is 11.7. The Bertz CT molecular complexity index is 427. The number of hydrogen-bond donors (Lipinski definition) is 0. The topological polar surface area (TPSA) is 52.6 Å². The van der Waals surface area contributed by atoms with Crippen molar-refractivity contribution < 1.29 is 19.1 Å². The summed E-state index contributed by atoms with van der Waals surface area (Å²) in [6.45, 7) is 0. The third kappa shape index (κ3) is 2.88. The minimum atomic E-state index is -0.416. The molecule has 0 N–H and O–H groups in total. The van der Waals surface area contributed by atoms with E-state index >= 15 is 0 Å². The average molecular weight is 248 g/mol. The number of cyclic esters (lactones) is 1. The highest BCUT2D eigenvalue weighted by Gasteiger charge is 2.36. The van der Waals surface area contributed by atoms with Crippen LogP contribution in [0.2, 0.25) is 0 Å². The highest BCUT2D eigenvalue weighted by Crippen LogP contribution is 2.25. The summed E-state index contributed by atoms with van der Waals surface area (Å²) in [5.41, 5.74) is 1.05. The van der Waals surface area contributed by atoms with Crippen molar-refractivity contribution in [3.63, 3.8) is 0 Å². The predicted octanol–water partition coefficient (Wildman–Crippen LogP) is 1.72. The van der Waals surface area contributed by atoms with Gasteiger partial charge >= 0.3 is 11.9 Å². The molecular weight excluding hydrogens is 232 g/mol. The van der Waals surface area contributed by atoms with Crippen molar-refractivity contribution in [3.05, 3.63) is 35.9 Å². The molecule has 1 aromatic rings. The van der Waals surface area contributed by atoms with E-state index in [2.05, 4.69) is 0 Å². The van der Waals surface area contributed by atoms with Crippen LogP contribution in [0.25, 0.3) is 0 Å². The Balaban J connectivity index is 2.10. The van der Waals surface area contributed by atoms with Crippen molar-refractivity contribution >= 4 is 11.9 Å². The van der Waals surface area contributed by atoms with E-state index in [0.717, 1.165) is 5.56 Å². The van der Waals surface area contributed by atoms with Gasteiger partial charge in [-0.2, -0.15) is 0 Å². The molecule has 0 aromatic heterocycles. The van der Waals surface area contributed by atoms with Crippen LogP contribution >= 0.6 is 0 Å². The second-order valence-corrected chi connectivity index (χ2v) is 4.39. The Morgan fingerprint density at radius 1 is 1.39 bits per heavy atom. The van der Waals surface area contributed by atoms with Crippen LogP contribution in [0.4, 0.5) is 0 Å². The smallest absolute Gasteiger partial charge is 0.312 e. The number of rotatable bonds is 3. The largest absolute Gasteiger partial charge is 0.469 e. The summed E-state index contributed by atoms with van der Waals surface area (Å²) >= 11 is 0. The Morgan fingerprint density at radius 2 is 2.11 bits per heavy atom. The van der Waals surface area contributed by atoms with Gasteiger partial charge in [-0.25, -0.2) is 0 Å². The third-order valence-electron chi connectivity index (χ3n) is 3.17. The lowest BCUT2D eigenvalue weighted by Gasteiger charge is -2.29. The molecule has 0 unspecified atom stereocenters. The first-order valence-electron chi connectivity index (χ1n) is 6.02. The van der Waals surface area contributed by atoms with Gasteiger partial charge in [0.2, 0.25) is 0 Å². The Kier molecular flexibility index (Phi) is 3.97. The summed E-state index contributed by atoms with van der Waals surface area (Å²) in [7, 11) is 1.36. The number of ether oxygens (including phenoxy) is 2. The SMILES string of the molecule is COC(=O)[C@@H]1CCC(=O)O[C@@H]1Cc1ccccc1. The molecule has 0 saturated carbocycles. The number of esters is 2. The summed E-state index contributed by atoms with van der Waals surface area (Å²) in [6, 6.07) is 9.68. The molecule has 1 aliphatic rings. The molecule has 0 radical (unpaired) electrons. The number of carbonyl (C=O) groups excluding carboxylic acids is 2. The van der Waals surface area contributed by atoms with E-state index < -0.39 is 6.10 Å². The van der Waals surface area contributed by atoms with E-state index in [1.807, 2.05) is 30.3 Å². The van der Waals surface area contributed by atoms with Gasteiger partial charge in [-0.05, 0) is 12.0 Å². The maximum absolute atomic E-state index is 11.7. The van der Waals surface area contributed by atoms with Crippen molar-refractivity contribution in [2.75, 3.05) is 7.11 Å². The number of hydrogen-bond acceptors (Lipinski definition) is 4. The van der Waals surface area contributed by atoms with E-state index in [1.165, 1.54) is 7.11 Å². The molecule has 96 valence electrons. The molecule has 18 heavy (non-hydrogen) atoms. The molecule has 2 rings (SSSR count). The zero-order chi connectivity index (χ0) is 13.0. The fourth-order valence-electron chi connectivity index (χ4n) is 2.22. The van der Waals surface area contributed by atoms with Gasteiger partial charge in [0.1, 0.15) is 6.10 Å². The maximum Gasteiger partial charge on any atom is 0.312 e. The first-order valence-corrected chi connectivity index (χ1v) is 6.02. The van der Waals surface area contributed by atoms with Gasteiger partial charge in [-0.15, -0.1) is 0 Å². The molecule has 1 heterocycles. The van der Waals surface area contributed by atoms with Gasteiger partial charge in [-0.1, -0.05) is 30.3 Å². The van der Waals surface area contributed by atoms with Crippen LogP contribution in [0.3, 0.4) is 0 Å². The molecule has 0 aliphatic carbocycles. The van der Waals surface area contributed by atoms with Crippen LogP contribution in [-0.2, 0) is 25.5 Å². The molecular formula is C14H16O4. The lowest BCUT2D eigenvalue weighted by Crippen LogP contribution is -2.39. The molecule has 0 spiro atoms. The molecule has 4 nitrogen and oxygen atoms in total. The van der Waals surface area contributed by atoms with Crippen molar-refractivity contribution in [2.24, 2.45) is 5.92 Å². The number of methoxy groups -OCH3 is 1. The van der Waals surface area contributed by atoms with Gasteiger partial charge in [0.05, 0.1) is 13.0 Å². The first kappa shape index (κ1) is 12.6. The average Bonchev–Trinajstić information content (AvgIpc) is 2.39. The molecule has 0 bridgehead atoms. The van der Waals surface area contributed by atoms with Crippen LogP contribution in [0.1, 0.15) is 18.4 Å². The van der Waals surface area contributed by atoms with Gasteiger partial charge in [0, 0.05) is 12.8 Å². The first-order chi connectivity index (χ1) is 8.70. The molecule has 0 amide bonds. The monoisotopic (exact) mass is 248 g/mol. The lowest BCUT2D eigenvalue weighted by atomic mass is 9.90. The Morgan fingerprint density at radius 3 is 2.78 bits per heavy atom. The van der Waals surface area contributed by atoms with Gasteiger partial charge in [0.15, 0.2) is 0 Å². The van der Waals surface area contributed by atoms with Crippen molar-refractivity contribution in [2.45, 2.75) is 25.4 Å². The van der Waals surface area contributed by atoms with Crippen molar-refractivity contribution in [1.29, 1.82) is 0 Å². The van der Waals surface area contributed by atoms with E-state index in [-0.39, 0.29) is 24.3 Å². The second-order valence-electron chi connectivity index (χ2n) is 4.39. The molecule has 1 aromatic carbocycles. The molecule has 2 atom stereocenters. The minimum Gasteiger partial charge on any atom is -0.469 e. The van der Waals surface area contributed by atoms with Crippen LogP contribution in [0.15, 0.2) is 30.3 Å². The predicted molar refractivity (Wildman–Crippen MR) is 64.8 cm³/mol. The standard InChI is InChI=1S/C14H16O4/c1-17-14(16)11-7-8-13(15)18-12(11)9-10-5-3-2-4-6-10/h2-6,11-12H,7-9H2,1H3/t11-,12-/m1/s1. The fraction of sp³-hybridized carbons (Fsp3) is 0.429. The Labute approximate surface area is 106 Å². The molecule has 1 aliphatic heterocycles. The van der Waals surface area contributed by atoms with Gasteiger partial charge < -0.3 is 9.47 Å². The van der Waals surface area contributed by atoms with E-state index in [4.69, 9.17) is 9.47 Å². The zero-order valence-corrected chi connectivity index (χ0v) is 10.3. The van der Waals surface area contributed by atoms with Gasteiger partial charge in [0.25, 0.3) is 0 Å². The third-order valence-corrected chi connectivity index (χ3v) is 3.17. The van der Waals surface area contributed by atoms with E-state index in [9.17, 15) is 9.59 Å². The fourth-order valence-corrected chi connectivity index (χ4v) is 2.22. The molecule has 1 saturated heterocycles. The normalized spacial score (nSPS) is 23.3. The zero-order valence-electron chi connectivity index (χ0n) is 10.3. The van der Waals surface area contributed by atoms with E-state index in [1.54, 1.807) is 0 Å². The highest BCUT2D eigenvalue weighted by molar-refractivity contribution is 5.77. The summed E-state index contributed by atoms with van der Waals surface area (Å²) in [4.78, 5) is 23.0. The van der Waals surface area contributed by atoms with Crippen LogP contribution in [0, 0.1) is 5.92 Å². The summed E-state index contributed by atoms with van der Waals surface area (Å²) in [6.07, 6.45) is 0.918. The van der Waals surface area contributed by atoms with Crippen molar-refractivity contribution in [1.82, 2.24) is 0 Å².